The highest BCUT2D eigenvalue weighted by Gasteiger charge is 2.20. The first-order valence-corrected chi connectivity index (χ1v) is 37.0. The van der Waals surface area contributed by atoms with Gasteiger partial charge in [0.2, 0.25) is 0 Å². The SMILES string of the molecule is CCCCCCCCCCCCCCCCCCCCCCCCC(=O)OCC(COC(=O)CCCCCCCCCCCCCCCCCCCCC)OC(=O)CCCCCCCCCCCCCCCCCCCCCCC. The summed E-state index contributed by atoms with van der Waals surface area (Å²) in [7, 11) is 0. The third-order valence-electron chi connectivity index (χ3n) is 17.4. The molecule has 0 aromatic rings. The molecule has 6 nitrogen and oxygen atoms in total. The summed E-state index contributed by atoms with van der Waals surface area (Å²) in [4.78, 5) is 38.5. The molecule has 0 saturated heterocycles. The minimum atomic E-state index is -0.764. The van der Waals surface area contributed by atoms with Gasteiger partial charge in [0.15, 0.2) is 6.10 Å². The van der Waals surface area contributed by atoms with Crippen LogP contribution in [0.5, 0.6) is 0 Å². The minimum absolute atomic E-state index is 0.0598. The largest absolute Gasteiger partial charge is 0.462 e. The average Bonchev–Trinajstić information content (AvgIpc) is 3.46. The normalized spacial score (nSPS) is 11.9. The van der Waals surface area contributed by atoms with Gasteiger partial charge in [-0.1, -0.05) is 400 Å². The molecule has 0 saturated carbocycles. The number of esters is 3. The van der Waals surface area contributed by atoms with Crippen molar-refractivity contribution in [3.63, 3.8) is 0 Å². The van der Waals surface area contributed by atoms with Gasteiger partial charge in [0.25, 0.3) is 0 Å². The van der Waals surface area contributed by atoms with Crippen LogP contribution in [0.1, 0.15) is 438 Å². The van der Waals surface area contributed by atoms with Crippen molar-refractivity contribution in [2.75, 3.05) is 13.2 Å². The number of hydrogen-bond donors (Lipinski definition) is 0. The molecule has 0 aromatic carbocycles. The van der Waals surface area contributed by atoms with Crippen molar-refractivity contribution in [1.29, 1.82) is 0 Å². The zero-order valence-electron chi connectivity index (χ0n) is 54.9. The summed E-state index contributed by atoms with van der Waals surface area (Å²) < 4.78 is 17.1. The molecular weight excluding hydrogens is 985 g/mol. The number of carbonyl (C=O) groups excluding carboxylic acids is 3. The van der Waals surface area contributed by atoms with Crippen LogP contribution in [0.15, 0.2) is 0 Å². The Bertz CT molecular complexity index is 1200. The van der Waals surface area contributed by atoms with Crippen molar-refractivity contribution in [3.05, 3.63) is 0 Å². The lowest BCUT2D eigenvalue weighted by molar-refractivity contribution is -0.167. The van der Waals surface area contributed by atoms with Gasteiger partial charge in [0, 0.05) is 19.3 Å². The van der Waals surface area contributed by atoms with E-state index in [9.17, 15) is 14.4 Å². The predicted octanol–water partition coefficient (Wildman–Crippen LogP) is 25.4. The Kier molecular flexibility index (Phi) is 68.5. The van der Waals surface area contributed by atoms with Crippen LogP contribution in [0.4, 0.5) is 0 Å². The van der Waals surface area contributed by atoms with E-state index >= 15 is 0 Å². The highest BCUT2D eigenvalue weighted by atomic mass is 16.6. The molecule has 0 aromatic heterocycles. The molecule has 0 bridgehead atoms. The summed E-state index contributed by atoms with van der Waals surface area (Å²) in [6, 6.07) is 0. The fourth-order valence-electron chi connectivity index (χ4n) is 11.8. The number of rotatable bonds is 70. The monoisotopic (exact) mass is 1130 g/mol. The van der Waals surface area contributed by atoms with Crippen LogP contribution in [-0.4, -0.2) is 37.2 Å². The molecule has 1 unspecified atom stereocenters. The van der Waals surface area contributed by atoms with Crippen molar-refractivity contribution in [2.24, 2.45) is 0 Å². The van der Waals surface area contributed by atoms with E-state index < -0.39 is 6.10 Å². The summed E-state index contributed by atoms with van der Waals surface area (Å²) in [5.74, 6) is -0.814. The molecule has 0 heterocycles. The molecule has 0 rings (SSSR count). The fourth-order valence-corrected chi connectivity index (χ4v) is 11.8. The summed E-state index contributed by atoms with van der Waals surface area (Å²) in [6.07, 6.45) is 82.8. The van der Waals surface area contributed by atoms with E-state index in [2.05, 4.69) is 20.8 Å². The zero-order valence-corrected chi connectivity index (χ0v) is 54.9. The molecule has 0 N–H and O–H groups in total. The van der Waals surface area contributed by atoms with Crippen LogP contribution >= 0.6 is 0 Å². The van der Waals surface area contributed by atoms with Gasteiger partial charge >= 0.3 is 17.9 Å². The lowest BCUT2D eigenvalue weighted by Crippen LogP contribution is -2.30. The smallest absolute Gasteiger partial charge is 0.306 e. The lowest BCUT2D eigenvalue weighted by atomic mass is 10.0. The van der Waals surface area contributed by atoms with Gasteiger partial charge in [0.1, 0.15) is 13.2 Å². The van der Waals surface area contributed by atoms with Gasteiger partial charge in [0.05, 0.1) is 0 Å². The summed E-state index contributed by atoms with van der Waals surface area (Å²) in [6.45, 7) is 6.76. The molecule has 1 atom stereocenters. The molecule has 6 heteroatoms. The van der Waals surface area contributed by atoms with E-state index in [0.29, 0.717) is 19.3 Å². The Morgan fingerprint density at radius 3 is 0.500 bits per heavy atom. The average molecular weight is 1130 g/mol. The molecular formula is C74H144O6. The fraction of sp³-hybridized carbons (Fsp3) is 0.959. The van der Waals surface area contributed by atoms with Crippen molar-refractivity contribution in [1.82, 2.24) is 0 Å². The summed E-state index contributed by atoms with van der Waals surface area (Å²) >= 11 is 0. The second-order valence-electron chi connectivity index (χ2n) is 25.6. The Morgan fingerprint density at radius 1 is 0.200 bits per heavy atom. The Hall–Kier alpha value is -1.59. The molecule has 0 spiro atoms. The third kappa shape index (κ3) is 67.2. The molecule has 476 valence electrons. The van der Waals surface area contributed by atoms with Crippen molar-refractivity contribution in [2.45, 2.75) is 444 Å². The van der Waals surface area contributed by atoms with Crippen LogP contribution in [0.25, 0.3) is 0 Å². The van der Waals surface area contributed by atoms with Crippen LogP contribution in [0.2, 0.25) is 0 Å². The van der Waals surface area contributed by atoms with E-state index in [-0.39, 0.29) is 31.1 Å². The van der Waals surface area contributed by atoms with Crippen LogP contribution in [-0.2, 0) is 28.6 Å². The van der Waals surface area contributed by atoms with Gasteiger partial charge in [-0.2, -0.15) is 0 Å². The third-order valence-corrected chi connectivity index (χ3v) is 17.4. The topological polar surface area (TPSA) is 78.9 Å². The number of unbranched alkanes of at least 4 members (excludes halogenated alkanes) is 59. The highest BCUT2D eigenvalue weighted by Crippen LogP contribution is 2.20. The number of hydrogen-bond acceptors (Lipinski definition) is 6. The molecule has 80 heavy (non-hydrogen) atoms. The van der Waals surface area contributed by atoms with Gasteiger partial charge < -0.3 is 14.2 Å². The number of ether oxygens (including phenoxy) is 3. The van der Waals surface area contributed by atoms with Crippen molar-refractivity contribution in [3.8, 4) is 0 Å². The van der Waals surface area contributed by atoms with Gasteiger partial charge in [-0.15, -0.1) is 0 Å². The molecule has 0 aliphatic heterocycles. The van der Waals surface area contributed by atoms with Crippen LogP contribution < -0.4 is 0 Å². The van der Waals surface area contributed by atoms with Crippen LogP contribution in [0.3, 0.4) is 0 Å². The number of carbonyl (C=O) groups is 3. The predicted molar refractivity (Wildman–Crippen MR) is 349 cm³/mol. The molecule has 0 aliphatic carbocycles. The van der Waals surface area contributed by atoms with E-state index in [1.807, 2.05) is 0 Å². The summed E-state index contributed by atoms with van der Waals surface area (Å²) in [5.41, 5.74) is 0. The highest BCUT2D eigenvalue weighted by molar-refractivity contribution is 5.71. The van der Waals surface area contributed by atoms with Gasteiger partial charge in [-0.25, -0.2) is 0 Å². The Labute approximate surface area is 501 Å². The van der Waals surface area contributed by atoms with E-state index in [1.165, 1.54) is 340 Å². The Morgan fingerprint density at radius 2 is 0.338 bits per heavy atom. The van der Waals surface area contributed by atoms with E-state index in [4.69, 9.17) is 14.2 Å². The van der Waals surface area contributed by atoms with Crippen LogP contribution in [0, 0.1) is 0 Å². The standard InChI is InChI=1S/C74H144O6/c1-4-7-10-13-16-19-22-25-28-31-34-36-38-40-43-46-49-52-55-58-61-64-67-73(76)79-70-71(69-78-72(75)66-63-60-57-54-51-48-45-42-39-33-30-27-24-21-18-15-12-9-6-3)80-74(77)68-65-62-59-56-53-50-47-44-41-37-35-32-29-26-23-20-17-14-11-8-5-2/h71H,4-70H2,1-3H3. The maximum Gasteiger partial charge on any atom is 0.306 e. The molecule has 0 amide bonds. The maximum absolute atomic E-state index is 13.0. The molecule has 0 radical (unpaired) electrons. The Balaban J connectivity index is 4.26. The molecule has 0 fully saturated rings. The lowest BCUT2D eigenvalue weighted by Gasteiger charge is -2.18. The quantitative estimate of drug-likeness (QED) is 0.0343. The first kappa shape index (κ1) is 78.4. The maximum atomic E-state index is 13.0. The van der Waals surface area contributed by atoms with Crippen molar-refractivity contribution < 1.29 is 28.6 Å². The van der Waals surface area contributed by atoms with E-state index in [0.717, 1.165) is 57.8 Å². The van der Waals surface area contributed by atoms with E-state index in [1.54, 1.807) is 0 Å². The summed E-state index contributed by atoms with van der Waals surface area (Å²) in [5, 5.41) is 0. The minimum Gasteiger partial charge on any atom is -0.462 e. The second kappa shape index (κ2) is 69.9. The van der Waals surface area contributed by atoms with Gasteiger partial charge in [-0.05, 0) is 19.3 Å². The second-order valence-corrected chi connectivity index (χ2v) is 25.6. The van der Waals surface area contributed by atoms with Crippen molar-refractivity contribution >= 4 is 17.9 Å². The first-order valence-electron chi connectivity index (χ1n) is 37.0. The zero-order chi connectivity index (χ0) is 57.8. The van der Waals surface area contributed by atoms with Gasteiger partial charge in [-0.3, -0.25) is 14.4 Å². The molecule has 0 aliphatic rings. The first-order chi connectivity index (χ1) is 39.5.